The van der Waals surface area contributed by atoms with Crippen LogP contribution in [0.3, 0.4) is 0 Å². The van der Waals surface area contributed by atoms with Crippen LogP contribution in [0.5, 0.6) is 0 Å². The molecular formula is C17H19N3O2S. The molecule has 3 rings (SSSR count). The van der Waals surface area contributed by atoms with Crippen LogP contribution in [0, 0.1) is 11.8 Å². The van der Waals surface area contributed by atoms with Gasteiger partial charge in [-0.05, 0) is 42.6 Å². The van der Waals surface area contributed by atoms with Crippen LogP contribution < -0.4 is 16.0 Å². The number of anilines is 2. The molecular weight excluding hydrogens is 310 g/mol. The number of carbonyl (C=O) groups is 2. The molecule has 0 radical (unpaired) electrons. The van der Waals surface area contributed by atoms with Gasteiger partial charge in [0, 0.05) is 5.92 Å². The van der Waals surface area contributed by atoms with Crippen molar-refractivity contribution in [2.75, 3.05) is 23.7 Å². The molecule has 0 aliphatic carbocycles. The van der Waals surface area contributed by atoms with Gasteiger partial charge in [0.25, 0.3) is 5.91 Å². The summed E-state index contributed by atoms with van der Waals surface area (Å²) in [6.45, 7) is 3.70. The molecule has 0 spiro atoms. The van der Waals surface area contributed by atoms with E-state index in [0.717, 1.165) is 13.1 Å². The molecule has 2 aromatic rings. The summed E-state index contributed by atoms with van der Waals surface area (Å²) in [7, 11) is 0. The fraction of sp³-hybridized carbons (Fsp3) is 0.294. The molecule has 2 heterocycles. The Kier molecular flexibility index (Phi) is 4.73. The van der Waals surface area contributed by atoms with Gasteiger partial charge in [0.15, 0.2) is 0 Å². The summed E-state index contributed by atoms with van der Waals surface area (Å²) in [4.78, 5) is 25.2. The van der Waals surface area contributed by atoms with Crippen molar-refractivity contribution in [2.24, 2.45) is 11.8 Å². The lowest BCUT2D eigenvalue weighted by Crippen LogP contribution is -2.48. The summed E-state index contributed by atoms with van der Waals surface area (Å²) in [6, 6.07) is 10.9. The van der Waals surface area contributed by atoms with Gasteiger partial charge in [-0.25, -0.2) is 0 Å². The fourth-order valence-corrected chi connectivity index (χ4v) is 3.04. The molecule has 1 aliphatic heterocycles. The fourth-order valence-electron chi connectivity index (χ4n) is 2.42. The lowest BCUT2D eigenvalue weighted by atomic mass is 9.88. The maximum absolute atomic E-state index is 12.4. The number of thiophene rings is 1. The van der Waals surface area contributed by atoms with Gasteiger partial charge in [0.05, 0.1) is 16.3 Å². The Morgan fingerprint density at radius 2 is 1.83 bits per heavy atom. The second-order valence-electron chi connectivity index (χ2n) is 5.67. The number of hydrogen-bond donors (Lipinski definition) is 3. The Hall–Kier alpha value is -2.18. The first-order valence-corrected chi connectivity index (χ1v) is 8.48. The summed E-state index contributed by atoms with van der Waals surface area (Å²) in [5.41, 5.74) is 1.24. The first-order valence-electron chi connectivity index (χ1n) is 7.60. The highest BCUT2D eigenvalue weighted by atomic mass is 32.1. The van der Waals surface area contributed by atoms with Gasteiger partial charge >= 0.3 is 0 Å². The van der Waals surface area contributed by atoms with E-state index in [2.05, 4.69) is 16.0 Å². The minimum Gasteiger partial charge on any atom is -0.324 e. The van der Waals surface area contributed by atoms with Crippen LogP contribution in [0.4, 0.5) is 11.4 Å². The highest BCUT2D eigenvalue weighted by Gasteiger charge is 2.29. The van der Waals surface area contributed by atoms with E-state index >= 15 is 0 Å². The van der Waals surface area contributed by atoms with E-state index in [4.69, 9.17) is 0 Å². The van der Waals surface area contributed by atoms with Crippen molar-refractivity contribution < 1.29 is 9.59 Å². The lowest BCUT2D eigenvalue weighted by molar-refractivity contribution is -0.121. The van der Waals surface area contributed by atoms with Crippen LogP contribution >= 0.6 is 11.3 Å². The van der Waals surface area contributed by atoms with Crippen molar-refractivity contribution in [1.82, 2.24) is 5.32 Å². The zero-order valence-corrected chi connectivity index (χ0v) is 13.7. The summed E-state index contributed by atoms with van der Waals surface area (Å²) < 4.78 is 0. The van der Waals surface area contributed by atoms with Crippen molar-refractivity contribution in [3.05, 3.63) is 46.7 Å². The van der Waals surface area contributed by atoms with Crippen LogP contribution in [0.15, 0.2) is 41.8 Å². The van der Waals surface area contributed by atoms with Crippen LogP contribution in [-0.4, -0.2) is 24.9 Å². The quantitative estimate of drug-likeness (QED) is 0.790. The molecule has 3 N–H and O–H groups in total. The second kappa shape index (κ2) is 6.93. The minimum absolute atomic E-state index is 0.0191. The van der Waals surface area contributed by atoms with Gasteiger partial charge < -0.3 is 16.0 Å². The molecule has 1 aromatic heterocycles. The number of carbonyl (C=O) groups excluding carboxylic acids is 2. The van der Waals surface area contributed by atoms with E-state index < -0.39 is 0 Å². The first kappa shape index (κ1) is 15.7. The Balaban J connectivity index is 1.70. The predicted molar refractivity (Wildman–Crippen MR) is 92.9 cm³/mol. The van der Waals surface area contributed by atoms with E-state index in [9.17, 15) is 9.59 Å². The third kappa shape index (κ3) is 3.60. The van der Waals surface area contributed by atoms with Gasteiger partial charge in [-0.3, -0.25) is 9.59 Å². The number of rotatable bonds is 5. The topological polar surface area (TPSA) is 70.2 Å². The Morgan fingerprint density at radius 1 is 1.13 bits per heavy atom. The van der Waals surface area contributed by atoms with Crippen LogP contribution in [-0.2, 0) is 4.79 Å². The molecule has 23 heavy (non-hydrogen) atoms. The van der Waals surface area contributed by atoms with Gasteiger partial charge in [-0.15, -0.1) is 11.3 Å². The molecule has 2 amide bonds. The van der Waals surface area contributed by atoms with E-state index in [1.165, 1.54) is 11.3 Å². The zero-order valence-electron chi connectivity index (χ0n) is 12.8. The molecule has 0 bridgehead atoms. The first-order chi connectivity index (χ1) is 11.1. The highest BCUT2D eigenvalue weighted by molar-refractivity contribution is 7.12. The third-order valence-corrected chi connectivity index (χ3v) is 4.98. The second-order valence-corrected chi connectivity index (χ2v) is 6.62. The van der Waals surface area contributed by atoms with E-state index in [0.29, 0.717) is 22.2 Å². The summed E-state index contributed by atoms with van der Waals surface area (Å²) in [6.07, 6.45) is 0. The van der Waals surface area contributed by atoms with Crippen molar-refractivity contribution >= 4 is 34.5 Å². The molecule has 120 valence electrons. The maximum Gasteiger partial charge on any atom is 0.265 e. The van der Waals surface area contributed by atoms with Gasteiger partial charge in [-0.1, -0.05) is 25.1 Å². The summed E-state index contributed by atoms with van der Waals surface area (Å²) in [5.74, 6) is 0.132. The Bertz CT molecular complexity index is 696. The molecule has 0 saturated carbocycles. The molecule has 1 aromatic carbocycles. The number of benzene rings is 1. The van der Waals surface area contributed by atoms with Crippen LogP contribution in [0.2, 0.25) is 0 Å². The van der Waals surface area contributed by atoms with E-state index in [1.807, 2.05) is 30.5 Å². The molecule has 1 aliphatic rings. The molecule has 1 unspecified atom stereocenters. The molecule has 6 heteroatoms. The summed E-state index contributed by atoms with van der Waals surface area (Å²) in [5, 5.41) is 10.8. The van der Waals surface area contributed by atoms with Crippen molar-refractivity contribution in [3.8, 4) is 0 Å². The number of amides is 2. The normalized spacial score (nSPS) is 15.5. The summed E-state index contributed by atoms with van der Waals surface area (Å²) >= 11 is 1.38. The van der Waals surface area contributed by atoms with Gasteiger partial charge in [-0.2, -0.15) is 0 Å². The number of para-hydroxylation sites is 2. The third-order valence-electron chi connectivity index (χ3n) is 4.11. The SMILES string of the molecule is CC(C(=O)Nc1ccccc1NC(=O)c1cccs1)C1CNC1. The Morgan fingerprint density at radius 3 is 2.39 bits per heavy atom. The van der Waals surface area contributed by atoms with Gasteiger partial charge in [0.1, 0.15) is 0 Å². The van der Waals surface area contributed by atoms with E-state index in [-0.39, 0.29) is 17.7 Å². The van der Waals surface area contributed by atoms with Crippen LogP contribution in [0.25, 0.3) is 0 Å². The van der Waals surface area contributed by atoms with Gasteiger partial charge in [0.2, 0.25) is 5.91 Å². The minimum atomic E-state index is -0.169. The maximum atomic E-state index is 12.4. The van der Waals surface area contributed by atoms with Crippen molar-refractivity contribution in [3.63, 3.8) is 0 Å². The van der Waals surface area contributed by atoms with Crippen molar-refractivity contribution in [1.29, 1.82) is 0 Å². The molecule has 1 saturated heterocycles. The Labute approximate surface area is 139 Å². The zero-order chi connectivity index (χ0) is 16.2. The number of nitrogens with one attached hydrogen (secondary N) is 3. The van der Waals surface area contributed by atoms with Crippen LogP contribution in [0.1, 0.15) is 16.6 Å². The lowest BCUT2D eigenvalue weighted by Gasteiger charge is -2.31. The van der Waals surface area contributed by atoms with E-state index in [1.54, 1.807) is 18.2 Å². The molecule has 5 nitrogen and oxygen atoms in total. The largest absolute Gasteiger partial charge is 0.324 e. The standard InChI is InChI=1S/C17H19N3O2S/c1-11(12-9-18-10-12)16(21)19-13-5-2-3-6-14(13)20-17(22)15-7-4-8-23-15/h2-8,11-12,18H,9-10H2,1H3,(H,19,21)(H,20,22). The molecule has 1 atom stereocenters. The molecule has 1 fully saturated rings. The smallest absolute Gasteiger partial charge is 0.265 e. The average molecular weight is 329 g/mol. The highest BCUT2D eigenvalue weighted by Crippen LogP contribution is 2.25. The predicted octanol–water partition coefficient (Wildman–Crippen LogP) is 2.79. The number of hydrogen-bond acceptors (Lipinski definition) is 4. The average Bonchev–Trinajstić information content (AvgIpc) is 3.01. The van der Waals surface area contributed by atoms with Crippen molar-refractivity contribution in [2.45, 2.75) is 6.92 Å². The monoisotopic (exact) mass is 329 g/mol.